The van der Waals surface area contributed by atoms with Crippen molar-refractivity contribution in [2.75, 3.05) is 17.6 Å². The SMILES string of the molecule is O=S(=O)(CCNc1cccc(F)c1)c1ccccc1Cl. The Bertz CT molecular complexity index is 704. The fourth-order valence-corrected chi connectivity index (χ4v) is 3.47. The molecule has 0 atom stereocenters. The third-order valence-electron chi connectivity index (χ3n) is 2.70. The van der Waals surface area contributed by atoms with Gasteiger partial charge in [-0.3, -0.25) is 0 Å². The van der Waals surface area contributed by atoms with Crippen LogP contribution in [-0.2, 0) is 9.84 Å². The van der Waals surface area contributed by atoms with E-state index in [1.165, 1.54) is 24.3 Å². The van der Waals surface area contributed by atoms with Gasteiger partial charge in [0.1, 0.15) is 5.82 Å². The van der Waals surface area contributed by atoms with Crippen molar-refractivity contribution in [3.05, 3.63) is 59.4 Å². The highest BCUT2D eigenvalue weighted by Gasteiger charge is 2.16. The second-order valence-electron chi connectivity index (χ2n) is 4.19. The van der Waals surface area contributed by atoms with Gasteiger partial charge in [-0.25, -0.2) is 12.8 Å². The third-order valence-corrected chi connectivity index (χ3v) is 4.91. The predicted molar refractivity (Wildman–Crippen MR) is 78.4 cm³/mol. The van der Waals surface area contributed by atoms with Gasteiger partial charge in [-0.15, -0.1) is 0 Å². The number of benzene rings is 2. The normalized spacial score (nSPS) is 11.3. The molecule has 6 heteroatoms. The van der Waals surface area contributed by atoms with Crippen LogP contribution in [0.1, 0.15) is 0 Å². The first-order valence-corrected chi connectivity index (χ1v) is 7.99. The van der Waals surface area contributed by atoms with Crippen LogP contribution in [-0.4, -0.2) is 20.7 Å². The van der Waals surface area contributed by atoms with Crippen LogP contribution in [0.3, 0.4) is 0 Å². The van der Waals surface area contributed by atoms with E-state index in [-0.39, 0.29) is 28.0 Å². The van der Waals surface area contributed by atoms with Gasteiger partial charge < -0.3 is 5.32 Å². The summed E-state index contributed by atoms with van der Waals surface area (Å²) in [7, 11) is -3.46. The Morgan fingerprint density at radius 3 is 2.55 bits per heavy atom. The minimum Gasteiger partial charge on any atom is -0.384 e. The van der Waals surface area contributed by atoms with E-state index in [9.17, 15) is 12.8 Å². The van der Waals surface area contributed by atoms with Crippen molar-refractivity contribution >= 4 is 27.1 Å². The first-order valence-electron chi connectivity index (χ1n) is 5.96. The second-order valence-corrected chi connectivity index (χ2v) is 6.67. The molecule has 0 unspecified atom stereocenters. The summed E-state index contributed by atoms with van der Waals surface area (Å²) >= 11 is 5.88. The average Bonchev–Trinajstić information content (AvgIpc) is 2.39. The van der Waals surface area contributed by atoms with E-state index in [1.807, 2.05) is 0 Å². The van der Waals surface area contributed by atoms with Gasteiger partial charge in [0.2, 0.25) is 0 Å². The Morgan fingerprint density at radius 1 is 1.10 bits per heavy atom. The van der Waals surface area contributed by atoms with Crippen LogP contribution in [0.15, 0.2) is 53.4 Å². The molecule has 1 N–H and O–H groups in total. The van der Waals surface area contributed by atoms with E-state index in [4.69, 9.17) is 11.6 Å². The Hall–Kier alpha value is -1.59. The van der Waals surface area contributed by atoms with Crippen molar-refractivity contribution in [2.45, 2.75) is 4.90 Å². The molecule has 0 saturated carbocycles. The molecule has 20 heavy (non-hydrogen) atoms. The van der Waals surface area contributed by atoms with Crippen LogP contribution < -0.4 is 5.32 Å². The fourth-order valence-electron chi connectivity index (χ4n) is 1.74. The minimum atomic E-state index is -3.46. The molecule has 3 nitrogen and oxygen atoms in total. The third kappa shape index (κ3) is 3.71. The molecule has 0 saturated heterocycles. The quantitative estimate of drug-likeness (QED) is 0.920. The molecule has 0 radical (unpaired) electrons. The Balaban J connectivity index is 2.02. The molecule has 0 aliphatic rings. The van der Waals surface area contributed by atoms with Gasteiger partial charge in [0.25, 0.3) is 0 Å². The molecular formula is C14H13ClFNO2S. The summed E-state index contributed by atoms with van der Waals surface area (Å²) in [5.41, 5.74) is 0.541. The molecule has 0 spiro atoms. The highest BCUT2D eigenvalue weighted by Crippen LogP contribution is 2.21. The zero-order valence-electron chi connectivity index (χ0n) is 10.5. The summed E-state index contributed by atoms with van der Waals surface area (Å²) in [6.07, 6.45) is 0. The average molecular weight is 314 g/mol. The van der Waals surface area contributed by atoms with E-state index in [1.54, 1.807) is 24.3 Å². The molecule has 2 rings (SSSR count). The summed E-state index contributed by atoms with van der Waals surface area (Å²) in [5, 5.41) is 3.08. The van der Waals surface area contributed by atoms with Gasteiger partial charge in [0.15, 0.2) is 9.84 Å². The van der Waals surface area contributed by atoms with Gasteiger partial charge >= 0.3 is 0 Å². The van der Waals surface area contributed by atoms with Crippen LogP contribution in [0.2, 0.25) is 5.02 Å². The highest BCUT2D eigenvalue weighted by molar-refractivity contribution is 7.91. The van der Waals surface area contributed by atoms with E-state index in [0.717, 1.165) is 0 Å². The van der Waals surface area contributed by atoms with E-state index in [2.05, 4.69) is 5.32 Å². The number of hydrogen-bond donors (Lipinski definition) is 1. The molecule has 0 aromatic heterocycles. The minimum absolute atomic E-state index is 0.114. The zero-order valence-corrected chi connectivity index (χ0v) is 12.1. The number of hydrogen-bond acceptors (Lipinski definition) is 3. The van der Waals surface area contributed by atoms with E-state index in [0.29, 0.717) is 5.69 Å². The van der Waals surface area contributed by atoms with Gasteiger partial charge in [-0.2, -0.15) is 0 Å². The van der Waals surface area contributed by atoms with Crippen LogP contribution in [0, 0.1) is 5.82 Å². The molecule has 0 aliphatic heterocycles. The van der Waals surface area contributed by atoms with Crippen molar-refractivity contribution in [3.63, 3.8) is 0 Å². The maximum Gasteiger partial charge on any atom is 0.181 e. The summed E-state index contributed by atoms with van der Waals surface area (Å²) in [6, 6.07) is 12.2. The van der Waals surface area contributed by atoms with Crippen molar-refractivity contribution in [2.24, 2.45) is 0 Å². The number of sulfone groups is 1. The predicted octanol–water partition coefficient (Wildman–Crippen LogP) is 3.36. The fraction of sp³-hybridized carbons (Fsp3) is 0.143. The lowest BCUT2D eigenvalue weighted by molar-refractivity contribution is 0.596. The Kier molecular flexibility index (Phi) is 4.62. The summed E-state index contributed by atoms with van der Waals surface area (Å²) in [6.45, 7) is 0.178. The van der Waals surface area contributed by atoms with Crippen molar-refractivity contribution < 1.29 is 12.8 Å². The second kappa shape index (κ2) is 6.24. The topological polar surface area (TPSA) is 46.2 Å². The van der Waals surface area contributed by atoms with Crippen molar-refractivity contribution in [3.8, 4) is 0 Å². The zero-order chi connectivity index (χ0) is 14.6. The molecule has 0 fully saturated rings. The lowest BCUT2D eigenvalue weighted by Gasteiger charge is -2.08. The van der Waals surface area contributed by atoms with Crippen LogP contribution >= 0.6 is 11.6 Å². The summed E-state index contributed by atoms with van der Waals surface area (Å²) in [4.78, 5) is 0.114. The molecule has 2 aromatic carbocycles. The molecule has 0 heterocycles. The first kappa shape index (κ1) is 14.8. The summed E-state index contributed by atoms with van der Waals surface area (Å²) in [5.74, 6) is -0.489. The molecular weight excluding hydrogens is 301 g/mol. The molecule has 0 amide bonds. The molecule has 2 aromatic rings. The van der Waals surface area contributed by atoms with E-state index < -0.39 is 9.84 Å². The number of nitrogens with one attached hydrogen (secondary N) is 1. The highest BCUT2D eigenvalue weighted by atomic mass is 35.5. The van der Waals surface area contributed by atoms with Crippen LogP contribution in [0.25, 0.3) is 0 Å². The maximum atomic E-state index is 13.0. The standard InChI is InChI=1S/C14H13ClFNO2S/c15-13-6-1-2-7-14(13)20(18,19)9-8-17-12-5-3-4-11(16)10-12/h1-7,10,17H,8-9H2. The van der Waals surface area contributed by atoms with Crippen LogP contribution in [0.5, 0.6) is 0 Å². The van der Waals surface area contributed by atoms with Gasteiger partial charge in [-0.05, 0) is 30.3 Å². The van der Waals surface area contributed by atoms with E-state index >= 15 is 0 Å². The lowest BCUT2D eigenvalue weighted by atomic mass is 10.3. The van der Waals surface area contributed by atoms with Gasteiger partial charge in [0.05, 0.1) is 15.7 Å². The molecule has 0 aliphatic carbocycles. The van der Waals surface area contributed by atoms with Crippen molar-refractivity contribution in [1.82, 2.24) is 0 Å². The largest absolute Gasteiger partial charge is 0.384 e. The first-order chi connectivity index (χ1) is 9.49. The number of rotatable bonds is 5. The molecule has 0 bridgehead atoms. The molecule has 106 valence electrons. The van der Waals surface area contributed by atoms with Crippen molar-refractivity contribution in [1.29, 1.82) is 0 Å². The Morgan fingerprint density at radius 2 is 1.85 bits per heavy atom. The van der Waals surface area contributed by atoms with Gasteiger partial charge in [0, 0.05) is 12.2 Å². The lowest BCUT2D eigenvalue weighted by Crippen LogP contribution is -2.16. The number of anilines is 1. The van der Waals surface area contributed by atoms with Crippen LogP contribution in [0.4, 0.5) is 10.1 Å². The number of halogens is 2. The smallest absolute Gasteiger partial charge is 0.181 e. The Labute approximate surface area is 122 Å². The maximum absolute atomic E-state index is 13.0. The summed E-state index contributed by atoms with van der Waals surface area (Å²) < 4.78 is 37.2. The van der Waals surface area contributed by atoms with Gasteiger partial charge in [-0.1, -0.05) is 29.8 Å². The monoisotopic (exact) mass is 313 g/mol.